The van der Waals surface area contributed by atoms with E-state index in [1.54, 1.807) is 6.92 Å². The van der Waals surface area contributed by atoms with Gasteiger partial charge in [-0.2, -0.15) is 8.42 Å². The molecule has 6 heteroatoms. The smallest absolute Gasteiger partial charge is 0.326 e. The molecule has 0 aliphatic carbocycles. The molecule has 0 fully saturated rings. The first-order valence-corrected chi connectivity index (χ1v) is 6.08. The highest BCUT2D eigenvalue weighted by Gasteiger charge is 2.15. The van der Waals surface area contributed by atoms with E-state index in [2.05, 4.69) is 5.32 Å². The van der Waals surface area contributed by atoms with E-state index in [4.69, 9.17) is 0 Å². The topological polar surface area (TPSA) is 63.2 Å². The van der Waals surface area contributed by atoms with Gasteiger partial charge in [-0.05, 0) is 30.7 Å². The molecule has 0 saturated heterocycles. The summed E-state index contributed by atoms with van der Waals surface area (Å²) < 4.78 is 34.1. The Kier molecular flexibility index (Phi) is 3.64. The predicted octanol–water partition coefficient (Wildman–Crippen LogP) is 2.00. The summed E-state index contributed by atoms with van der Waals surface area (Å²) in [7, 11) is -4.70. The molecule has 4 nitrogen and oxygen atoms in total. The molecule has 1 amide bonds. The van der Waals surface area contributed by atoms with Gasteiger partial charge in [0.1, 0.15) is 4.90 Å². The molecule has 0 aliphatic rings. The summed E-state index contributed by atoms with van der Waals surface area (Å²) in [6.07, 6.45) is 0.322. The van der Waals surface area contributed by atoms with Crippen LogP contribution in [0.4, 0.5) is 9.57 Å². The lowest BCUT2D eigenvalue weighted by Crippen LogP contribution is -2.09. The second-order valence-corrected chi connectivity index (χ2v) is 4.64. The fourth-order valence-electron chi connectivity index (χ4n) is 1.25. The number of nitrogens with one attached hydrogen (secondary N) is 1. The van der Waals surface area contributed by atoms with Gasteiger partial charge < -0.3 is 5.32 Å². The maximum Gasteiger partial charge on any atom is 0.332 e. The third kappa shape index (κ3) is 3.03. The molecule has 1 rings (SSSR count). The number of rotatable bonds is 3. The van der Waals surface area contributed by atoms with Gasteiger partial charge in [-0.3, -0.25) is 4.79 Å². The molecule has 1 aromatic rings. The summed E-state index contributed by atoms with van der Waals surface area (Å²) in [5.74, 6) is -0.185. The number of carbonyl (C=O) groups excluding carboxylic acids is 1. The van der Waals surface area contributed by atoms with Crippen LogP contribution in [0.2, 0.25) is 0 Å². The second kappa shape index (κ2) is 4.61. The molecule has 1 N–H and O–H groups in total. The molecule has 1 aromatic carbocycles. The monoisotopic (exact) mass is 245 g/mol. The molecule has 16 heavy (non-hydrogen) atoms. The van der Waals surface area contributed by atoms with Gasteiger partial charge in [-0.25, -0.2) is 0 Å². The molecule has 0 spiro atoms. The van der Waals surface area contributed by atoms with Crippen LogP contribution in [0.3, 0.4) is 0 Å². The third-order valence-corrected chi connectivity index (χ3v) is 3.03. The summed E-state index contributed by atoms with van der Waals surface area (Å²) in [5, 5.41) is 2.55. The average molecular weight is 245 g/mol. The Bertz CT molecular complexity index is 511. The molecule has 0 saturated carbocycles. The zero-order chi connectivity index (χ0) is 12.3. The Balaban J connectivity index is 3.05. The average Bonchev–Trinajstić information content (AvgIpc) is 2.15. The van der Waals surface area contributed by atoms with Crippen LogP contribution >= 0.6 is 0 Å². The highest BCUT2D eigenvalue weighted by molar-refractivity contribution is 7.86. The number of halogens is 1. The van der Waals surface area contributed by atoms with Crippen molar-refractivity contribution in [1.82, 2.24) is 0 Å². The molecule has 0 bridgehead atoms. The SMILES string of the molecule is CCC(=O)Nc1ccc(S(=O)(=O)F)c(C)c1. The van der Waals surface area contributed by atoms with Crippen molar-refractivity contribution in [2.75, 3.05) is 5.32 Å². The maximum absolute atomic E-state index is 12.7. The van der Waals surface area contributed by atoms with Crippen molar-refractivity contribution in [3.05, 3.63) is 23.8 Å². The summed E-state index contributed by atoms with van der Waals surface area (Å²) in [5.41, 5.74) is 0.716. The zero-order valence-electron chi connectivity index (χ0n) is 8.95. The van der Waals surface area contributed by atoms with Crippen LogP contribution in [0.25, 0.3) is 0 Å². The van der Waals surface area contributed by atoms with E-state index in [9.17, 15) is 17.1 Å². The Hall–Kier alpha value is -1.43. The number of amides is 1. The Morgan fingerprint density at radius 2 is 2.06 bits per heavy atom. The number of aryl methyl sites for hydroxylation is 1. The molecular formula is C10H12FNO3S. The summed E-state index contributed by atoms with van der Waals surface area (Å²) in [6.45, 7) is 3.16. The van der Waals surface area contributed by atoms with Crippen LogP contribution < -0.4 is 5.32 Å². The van der Waals surface area contributed by atoms with Gasteiger partial charge in [0, 0.05) is 12.1 Å². The van der Waals surface area contributed by atoms with Crippen molar-refractivity contribution >= 4 is 21.8 Å². The van der Waals surface area contributed by atoms with Crippen molar-refractivity contribution in [3.63, 3.8) is 0 Å². The molecule has 0 aliphatic heterocycles. The van der Waals surface area contributed by atoms with Gasteiger partial charge >= 0.3 is 10.2 Å². The molecule has 88 valence electrons. The molecule has 0 radical (unpaired) electrons. The van der Waals surface area contributed by atoms with Gasteiger partial charge in [-0.1, -0.05) is 6.92 Å². The molecule has 0 aromatic heterocycles. The second-order valence-electron chi connectivity index (χ2n) is 3.32. The van der Waals surface area contributed by atoms with E-state index < -0.39 is 10.2 Å². The minimum absolute atomic E-state index is 0.185. The van der Waals surface area contributed by atoms with Gasteiger partial charge in [0.25, 0.3) is 0 Å². The van der Waals surface area contributed by atoms with Crippen molar-refractivity contribution in [3.8, 4) is 0 Å². The van der Waals surface area contributed by atoms with E-state index in [-0.39, 0.29) is 16.4 Å². The normalized spacial score (nSPS) is 11.2. The van der Waals surface area contributed by atoms with Crippen molar-refractivity contribution < 1.29 is 17.1 Å². The molecule has 0 heterocycles. The lowest BCUT2D eigenvalue weighted by Gasteiger charge is -2.06. The number of carbonyl (C=O) groups is 1. The fourth-order valence-corrected chi connectivity index (χ4v) is 1.92. The van der Waals surface area contributed by atoms with Crippen LogP contribution in [0, 0.1) is 6.92 Å². The van der Waals surface area contributed by atoms with Gasteiger partial charge in [0.15, 0.2) is 0 Å². The lowest BCUT2D eigenvalue weighted by atomic mass is 10.2. The largest absolute Gasteiger partial charge is 0.332 e. The lowest BCUT2D eigenvalue weighted by molar-refractivity contribution is -0.115. The third-order valence-electron chi connectivity index (χ3n) is 2.04. The first-order valence-electron chi connectivity index (χ1n) is 4.69. The van der Waals surface area contributed by atoms with Crippen LogP contribution in [-0.4, -0.2) is 14.3 Å². The van der Waals surface area contributed by atoms with E-state index in [0.29, 0.717) is 12.1 Å². The fraction of sp³-hybridized carbons (Fsp3) is 0.300. The Labute approximate surface area is 93.7 Å². The van der Waals surface area contributed by atoms with E-state index in [1.807, 2.05) is 0 Å². The van der Waals surface area contributed by atoms with Crippen LogP contribution in [-0.2, 0) is 15.0 Å². The first-order chi connectivity index (χ1) is 7.34. The zero-order valence-corrected chi connectivity index (χ0v) is 9.77. The van der Waals surface area contributed by atoms with Crippen molar-refractivity contribution in [2.45, 2.75) is 25.2 Å². The molecule has 0 atom stereocenters. The minimum Gasteiger partial charge on any atom is -0.326 e. The van der Waals surface area contributed by atoms with Crippen LogP contribution in [0.1, 0.15) is 18.9 Å². The van der Waals surface area contributed by atoms with E-state index in [1.165, 1.54) is 19.1 Å². The summed E-state index contributed by atoms with van der Waals surface area (Å²) in [6, 6.07) is 3.91. The van der Waals surface area contributed by atoms with Crippen molar-refractivity contribution in [2.24, 2.45) is 0 Å². The highest BCUT2D eigenvalue weighted by atomic mass is 32.3. The van der Waals surface area contributed by atoms with Gasteiger partial charge in [0.05, 0.1) is 0 Å². The Morgan fingerprint density at radius 1 is 1.44 bits per heavy atom. The minimum atomic E-state index is -4.70. The summed E-state index contributed by atoms with van der Waals surface area (Å²) >= 11 is 0. The van der Waals surface area contributed by atoms with Gasteiger partial charge in [-0.15, -0.1) is 3.89 Å². The summed E-state index contributed by atoms with van der Waals surface area (Å²) in [4.78, 5) is 10.7. The standard InChI is InChI=1S/C10H12FNO3S/c1-3-10(13)12-8-4-5-9(7(2)6-8)16(11,14)15/h4-6H,3H2,1-2H3,(H,12,13). The first kappa shape index (κ1) is 12.6. The highest BCUT2D eigenvalue weighted by Crippen LogP contribution is 2.21. The van der Waals surface area contributed by atoms with Crippen LogP contribution in [0.15, 0.2) is 23.1 Å². The quantitative estimate of drug-likeness (QED) is 0.828. The number of anilines is 1. The number of hydrogen-bond donors (Lipinski definition) is 1. The van der Waals surface area contributed by atoms with Crippen molar-refractivity contribution in [1.29, 1.82) is 0 Å². The molecule has 0 unspecified atom stereocenters. The van der Waals surface area contributed by atoms with E-state index in [0.717, 1.165) is 6.07 Å². The maximum atomic E-state index is 12.7. The predicted molar refractivity (Wildman–Crippen MR) is 58.4 cm³/mol. The molecular weight excluding hydrogens is 233 g/mol. The van der Waals surface area contributed by atoms with E-state index >= 15 is 0 Å². The number of benzene rings is 1. The number of hydrogen-bond acceptors (Lipinski definition) is 3. The van der Waals surface area contributed by atoms with Crippen LogP contribution in [0.5, 0.6) is 0 Å². The Morgan fingerprint density at radius 3 is 2.50 bits per heavy atom. The van der Waals surface area contributed by atoms with Gasteiger partial charge in [0.2, 0.25) is 5.91 Å².